The molecule has 0 spiro atoms. The smallest absolute Gasteiger partial charge is 0.387 e. The molecule has 1 saturated carbocycles. The average Bonchev–Trinajstić information content (AvgIpc) is 2.56. The lowest BCUT2D eigenvalue weighted by Crippen LogP contribution is -2.27. The van der Waals surface area contributed by atoms with Crippen molar-refractivity contribution in [1.29, 1.82) is 0 Å². The Balaban J connectivity index is 1.91. The van der Waals surface area contributed by atoms with Gasteiger partial charge in [0.05, 0.1) is 6.61 Å². The molecule has 1 aliphatic carbocycles. The topological polar surface area (TPSA) is 18.5 Å². The van der Waals surface area contributed by atoms with Gasteiger partial charge >= 0.3 is 12.7 Å². The van der Waals surface area contributed by atoms with Crippen LogP contribution in [0.1, 0.15) is 37.7 Å². The molecule has 0 aliphatic heterocycles. The van der Waals surface area contributed by atoms with Crippen molar-refractivity contribution < 1.29 is 35.8 Å². The summed E-state index contributed by atoms with van der Waals surface area (Å²) in [6, 6.07) is 1.26. The monoisotopic (exact) mass is 382 g/mol. The largest absolute Gasteiger partial charge is 0.429 e. The van der Waals surface area contributed by atoms with E-state index in [9.17, 15) is 26.3 Å². The molecule has 0 atom stereocenters. The minimum atomic E-state index is -3.45. The Kier molecular flexibility index (Phi) is 6.97. The first kappa shape index (κ1) is 20.6. The van der Waals surface area contributed by atoms with E-state index in [0.29, 0.717) is 30.9 Å². The summed E-state index contributed by atoms with van der Waals surface area (Å²) in [5, 5.41) is 0. The van der Waals surface area contributed by atoms with Gasteiger partial charge in [0, 0.05) is 6.42 Å². The van der Waals surface area contributed by atoms with Gasteiger partial charge in [0.25, 0.3) is 0 Å². The van der Waals surface area contributed by atoms with Crippen LogP contribution in [0, 0.1) is 23.5 Å². The molecular formula is C18H20F6O2. The summed E-state index contributed by atoms with van der Waals surface area (Å²) in [6.45, 7) is -0.455. The van der Waals surface area contributed by atoms with Gasteiger partial charge < -0.3 is 9.47 Å². The van der Waals surface area contributed by atoms with E-state index in [-0.39, 0.29) is 11.5 Å². The van der Waals surface area contributed by atoms with Gasteiger partial charge in [-0.05, 0) is 55.2 Å². The van der Waals surface area contributed by atoms with Crippen LogP contribution in [-0.4, -0.2) is 12.7 Å². The molecule has 26 heavy (non-hydrogen) atoms. The maximum Gasteiger partial charge on any atom is 0.387 e. The molecular weight excluding hydrogens is 362 g/mol. The van der Waals surface area contributed by atoms with Gasteiger partial charge in [-0.2, -0.15) is 17.6 Å². The van der Waals surface area contributed by atoms with Crippen molar-refractivity contribution in [3.05, 3.63) is 42.0 Å². The van der Waals surface area contributed by atoms with Crippen LogP contribution in [0.3, 0.4) is 0 Å². The van der Waals surface area contributed by atoms with Gasteiger partial charge in [0.1, 0.15) is 0 Å². The Hall–Kier alpha value is -1.70. The van der Waals surface area contributed by atoms with E-state index in [0.717, 1.165) is 12.8 Å². The SMILES string of the molecule is C=CC1CCC(CC(F)(F)OCc2cc(F)c(OC(F)F)c(F)c2)CC1. The van der Waals surface area contributed by atoms with E-state index < -0.39 is 43.1 Å². The van der Waals surface area contributed by atoms with Crippen molar-refractivity contribution in [3.63, 3.8) is 0 Å². The fraction of sp³-hybridized carbons (Fsp3) is 0.556. The van der Waals surface area contributed by atoms with Crippen molar-refractivity contribution in [2.24, 2.45) is 11.8 Å². The fourth-order valence-electron chi connectivity index (χ4n) is 3.11. The number of allylic oxidation sites excluding steroid dienone is 1. The molecule has 146 valence electrons. The Morgan fingerprint density at radius 1 is 1.12 bits per heavy atom. The Morgan fingerprint density at radius 2 is 1.69 bits per heavy atom. The molecule has 1 aromatic rings. The third-order valence-corrected chi connectivity index (χ3v) is 4.47. The Labute approximate surface area is 147 Å². The maximum absolute atomic E-state index is 14.0. The highest BCUT2D eigenvalue weighted by Crippen LogP contribution is 2.37. The van der Waals surface area contributed by atoms with Crippen molar-refractivity contribution in [2.75, 3.05) is 0 Å². The second kappa shape index (κ2) is 8.79. The number of halogens is 6. The van der Waals surface area contributed by atoms with Crippen molar-refractivity contribution in [2.45, 2.75) is 51.4 Å². The molecule has 1 aliphatic rings. The van der Waals surface area contributed by atoms with Crippen molar-refractivity contribution >= 4 is 0 Å². The molecule has 0 saturated heterocycles. The molecule has 1 aromatic carbocycles. The van der Waals surface area contributed by atoms with Crippen LogP contribution in [0.2, 0.25) is 0 Å². The number of hydrogen-bond acceptors (Lipinski definition) is 2. The van der Waals surface area contributed by atoms with Gasteiger partial charge in [0.15, 0.2) is 17.4 Å². The summed E-state index contributed by atoms with van der Waals surface area (Å²) < 4.78 is 87.5. The van der Waals surface area contributed by atoms with Crippen molar-refractivity contribution in [1.82, 2.24) is 0 Å². The van der Waals surface area contributed by atoms with Crippen LogP contribution in [-0.2, 0) is 11.3 Å². The van der Waals surface area contributed by atoms with E-state index in [2.05, 4.69) is 16.1 Å². The van der Waals surface area contributed by atoms with E-state index in [1.165, 1.54) is 0 Å². The summed E-state index contributed by atoms with van der Waals surface area (Å²) in [4.78, 5) is 0. The Morgan fingerprint density at radius 3 is 2.19 bits per heavy atom. The normalized spacial score (nSPS) is 21.0. The van der Waals surface area contributed by atoms with Crippen LogP contribution in [0.15, 0.2) is 24.8 Å². The quantitative estimate of drug-likeness (QED) is 0.402. The van der Waals surface area contributed by atoms with Crippen LogP contribution >= 0.6 is 0 Å². The minimum Gasteiger partial charge on any atom is -0.429 e. The first-order chi connectivity index (χ1) is 12.2. The number of rotatable bonds is 8. The molecule has 0 heterocycles. The molecule has 1 fully saturated rings. The second-order valence-electron chi connectivity index (χ2n) is 6.41. The highest BCUT2D eigenvalue weighted by Gasteiger charge is 2.35. The first-order valence-corrected chi connectivity index (χ1v) is 8.27. The lowest BCUT2D eigenvalue weighted by Gasteiger charge is -2.29. The Bertz CT molecular complexity index is 589. The van der Waals surface area contributed by atoms with Crippen LogP contribution in [0.5, 0.6) is 5.75 Å². The predicted octanol–water partition coefficient (Wildman–Crippen LogP) is 6.06. The molecule has 0 unspecified atom stereocenters. The third kappa shape index (κ3) is 5.93. The number of hydrogen-bond donors (Lipinski definition) is 0. The number of alkyl halides is 4. The summed E-state index contributed by atoms with van der Waals surface area (Å²) in [5.41, 5.74) is -0.239. The van der Waals surface area contributed by atoms with E-state index in [1.807, 2.05) is 6.08 Å². The van der Waals surface area contributed by atoms with Gasteiger partial charge in [0.2, 0.25) is 0 Å². The average molecular weight is 382 g/mol. The summed E-state index contributed by atoms with van der Waals surface area (Å²) in [7, 11) is 0. The first-order valence-electron chi connectivity index (χ1n) is 8.27. The zero-order chi connectivity index (χ0) is 19.3. The van der Waals surface area contributed by atoms with Crippen LogP contribution < -0.4 is 4.74 Å². The molecule has 0 bridgehead atoms. The van der Waals surface area contributed by atoms with E-state index in [1.54, 1.807) is 0 Å². The molecule has 2 rings (SSSR count). The second-order valence-corrected chi connectivity index (χ2v) is 6.41. The third-order valence-electron chi connectivity index (χ3n) is 4.47. The highest BCUT2D eigenvalue weighted by molar-refractivity contribution is 5.31. The van der Waals surface area contributed by atoms with Gasteiger partial charge in [-0.3, -0.25) is 0 Å². The van der Waals surface area contributed by atoms with Crippen LogP contribution in [0.4, 0.5) is 26.3 Å². The van der Waals surface area contributed by atoms with Crippen LogP contribution in [0.25, 0.3) is 0 Å². The minimum absolute atomic E-state index is 0.198. The molecule has 2 nitrogen and oxygen atoms in total. The standard InChI is InChI=1S/C18H20F6O2/c1-2-11-3-5-12(6-4-11)9-18(23,24)25-10-13-7-14(19)16(15(20)8-13)26-17(21)22/h2,7-8,11-12,17H,1,3-6,9-10H2. The van der Waals surface area contributed by atoms with Gasteiger partial charge in [-0.25, -0.2) is 8.78 Å². The van der Waals surface area contributed by atoms with Gasteiger partial charge in [-0.15, -0.1) is 6.58 Å². The fourth-order valence-corrected chi connectivity index (χ4v) is 3.11. The summed E-state index contributed by atoms with van der Waals surface area (Å²) in [6.07, 6.45) is 0.774. The zero-order valence-corrected chi connectivity index (χ0v) is 14.0. The van der Waals surface area contributed by atoms with E-state index in [4.69, 9.17) is 0 Å². The lowest BCUT2D eigenvalue weighted by atomic mass is 9.80. The highest BCUT2D eigenvalue weighted by atomic mass is 19.3. The maximum atomic E-state index is 14.0. The summed E-state index contributed by atoms with van der Waals surface area (Å²) >= 11 is 0. The zero-order valence-electron chi connectivity index (χ0n) is 14.0. The van der Waals surface area contributed by atoms with Gasteiger partial charge in [-0.1, -0.05) is 6.08 Å². The number of ether oxygens (including phenoxy) is 2. The molecule has 0 aromatic heterocycles. The molecule has 0 amide bonds. The lowest BCUT2D eigenvalue weighted by molar-refractivity contribution is -0.256. The molecule has 8 heteroatoms. The van der Waals surface area contributed by atoms with E-state index >= 15 is 0 Å². The number of benzene rings is 1. The predicted molar refractivity (Wildman–Crippen MR) is 83.0 cm³/mol. The van der Waals surface area contributed by atoms with Crippen molar-refractivity contribution in [3.8, 4) is 5.75 Å². The molecule has 0 radical (unpaired) electrons. The molecule has 0 N–H and O–H groups in total. The summed E-state index contributed by atoms with van der Waals surface area (Å²) in [5.74, 6) is -3.92.